The maximum absolute atomic E-state index is 12.9. The van der Waals surface area contributed by atoms with Crippen molar-refractivity contribution in [2.45, 2.75) is 19.7 Å². The zero-order valence-corrected chi connectivity index (χ0v) is 10.8. The van der Waals surface area contributed by atoms with Gasteiger partial charge >= 0.3 is 0 Å². The second kappa shape index (κ2) is 7.45. The minimum atomic E-state index is -0.413. The molecule has 1 heterocycles. The molecule has 0 aliphatic rings. The second-order valence-corrected chi connectivity index (χ2v) is 4.34. The van der Waals surface area contributed by atoms with Crippen molar-refractivity contribution in [3.8, 4) is 5.88 Å². The standard InChI is InChI=1S/C12H17ClFNO2/c1-9(2)8-16-3-4-17-12-10(6-13)5-11(14)7-15-12/h5,7,9H,3-4,6,8H2,1-2H3. The van der Waals surface area contributed by atoms with E-state index in [1.54, 1.807) is 0 Å². The van der Waals surface area contributed by atoms with Gasteiger partial charge in [0.15, 0.2) is 0 Å². The lowest BCUT2D eigenvalue weighted by Crippen LogP contribution is -2.11. The van der Waals surface area contributed by atoms with Gasteiger partial charge in [-0.2, -0.15) is 0 Å². The Hall–Kier alpha value is -0.870. The van der Waals surface area contributed by atoms with Crippen molar-refractivity contribution in [3.05, 3.63) is 23.6 Å². The lowest BCUT2D eigenvalue weighted by Gasteiger charge is -2.10. The van der Waals surface area contributed by atoms with Gasteiger partial charge in [0.05, 0.1) is 18.7 Å². The number of alkyl halides is 1. The molecule has 3 nitrogen and oxygen atoms in total. The van der Waals surface area contributed by atoms with Crippen molar-refractivity contribution < 1.29 is 13.9 Å². The molecule has 0 bridgehead atoms. The lowest BCUT2D eigenvalue weighted by atomic mass is 10.2. The average molecular weight is 262 g/mol. The fourth-order valence-corrected chi connectivity index (χ4v) is 1.40. The van der Waals surface area contributed by atoms with Crippen LogP contribution in [0.1, 0.15) is 19.4 Å². The van der Waals surface area contributed by atoms with Crippen LogP contribution < -0.4 is 4.74 Å². The molecule has 0 aromatic carbocycles. The molecule has 5 heteroatoms. The summed E-state index contributed by atoms with van der Waals surface area (Å²) in [5.41, 5.74) is 0.551. The zero-order valence-electron chi connectivity index (χ0n) is 10.1. The molecule has 0 aliphatic heterocycles. The van der Waals surface area contributed by atoms with Gasteiger partial charge in [-0.1, -0.05) is 13.8 Å². The van der Waals surface area contributed by atoms with Crippen LogP contribution in [0.15, 0.2) is 12.3 Å². The van der Waals surface area contributed by atoms with E-state index in [9.17, 15) is 4.39 Å². The molecule has 0 aliphatic carbocycles. The molecule has 0 unspecified atom stereocenters. The zero-order chi connectivity index (χ0) is 12.7. The number of nitrogens with zero attached hydrogens (tertiary/aromatic N) is 1. The summed E-state index contributed by atoms with van der Waals surface area (Å²) in [4.78, 5) is 3.84. The third kappa shape index (κ3) is 5.33. The van der Waals surface area contributed by atoms with Crippen LogP contribution in [0.5, 0.6) is 5.88 Å². The summed E-state index contributed by atoms with van der Waals surface area (Å²) < 4.78 is 23.6. The summed E-state index contributed by atoms with van der Waals surface area (Å²) >= 11 is 5.67. The predicted octanol–water partition coefficient (Wildman–Crippen LogP) is 3.01. The minimum Gasteiger partial charge on any atom is -0.475 e. The van der Waals surface area contributed by atoms with Gasteiger partial charge in [-0.05, 0) is 12.0 Å². The Morgan fingerprint density at radius 1 is 1.41 bits per heavy atom. The van der Waals surface area contributed by atoms with E-state index in [4.69, 9.17) is 21.1 Å². The summed E-state index contributed by atoms with van der Waals surface area (Å²) in [6.45, 7) is 5.72. The first-order valence-corrected chi connectivity index (χ1v) is 6.08. The predicted molar refractivity (Wildman–Crippen MR) is 64.9 cm³/mol. The Labute approximate surface area is 106 Å². The molecule has 96 valence electrons. The van der Waals surface area contributed by atoms with Gasteiger partial charge < -0.3 is 9.47 Å². The molecule has 0 spiro atoms. The SMILES string of the molecule is CC(C)COCCOc1ncc(F)cc1CCl. The largest absolute Gasteiger partial charge is 0.475 e. The van der Waals surface area contributed by atoms with Gasteiger partial charge in [-0.3, -0.25) is 0 Å². The van der Waals surface area contributed by atoms with E-state index in [2.05, 4.69) is 18.8 Å². The smallest absolute Gasteiger partial charge is 0.218 e. The van der Waals surface area contributed by atoms with E-state index in [1.807, 2.05) is 0 Å². The molecular formula is C12H17ClFNO2. The van der Waals surface area contributed by atoms with E-state index in [-0.39, 0.29) is 5.88 Å². The fourth-order valence-electron chi connectivity index (χ4n) is 1.21. The summed E-state index contributed by atoms with van der Waals surface area (Å²) in [5.74, 6) is 0.628. The summed E-state index contributed by atoms with van der Waals surface area (Å²) in [6.07, 6.45) is 1.11. The highest BCUT2D eigenvalue weighted by Crippen LogP contribution is 2.18. The maximum atomic E-state index is 12.9. The fraction of sp³-hybridized carbons (Fsp3) is 0.583. The first kappa shape index (κ1) is 14.2. The molecule has 0 N–H and O–H groups in total. The minimum absolute atomic E-state index is 0.174. The molecule has 1 aromatic heterocycles. The number of rotatable bonds is 7. The Morgan fingerprint density at radius 3 is 2.82 bits per heavy atom. The Kier molecular flexibility index (Phi) is 6.22. The number of hydrogen-bond donors (Lipinski definition) is 0. The Morgan fingerprint density at radius 2 is 2.18 bits per heavy atom. The summed E-state index contributed by atoms with van der Waals surface area (Å²) in [6, 6.07) is 1.32. The summed E-state index contributed by atoms with van der Waals surface area (Å²) in [5, 5.41) is 0. The molecule has 1 aromatic rings. The van der Waals surface area contributed by atoms with Crippen molar-refractivity contribution >= 4 is 11.6 Å². The maximum Gasteiger partial charge on any atom is 0.218 e. The number of halogens is 2. The van der Waals surface area contributed by atoms with E-state index in [0.717, 1.165) is 6.20 Å². The monoisotopic (exact) mass is 261 g/mol. The Bertz CT molecular complexity index is 347. The molecule has 17 heavy (non-hydrogen) atoms. The van der Waals surface area contributed by atoms with Gasteiger partial charge in [-0.25, -0.2) is 9.37 Å². The number of hydrogen-bond acceptors (Lipinski definition) is 3. The van der Waals surface area contributed by atoms with Gasteiger partial charge in [0.1, 0.15) is 12.4 Å². The van der Waals surface area contributed by atoms with Crippen LogP contribution in [0.4, 0.5) is 4.39 Å². The third-order valence-corrected chi connectivity index (χ3v) is 2.24. The normalized spacial score (nSPS) is 10.9. The first-order chi connectivity index (χ1) is 8.13. The molecule has 0 atom stereocenters. The first-order valence-electron chi connectivity index (χ1n) is 5.54. The van der Waals surface area contributed by atoms with Crippen LogP contribution in [0, 0.1) is 11.7 Å². The lowest BCUT2D eigenvalue weighted by molar-refractivity contribution is 0.0803. The number of pyridine rings is 1. The van der Waals surface area contributed by atoms with Crippen molar-refractivity contribution in [1.29, 1.82) is 0 Å². The van der Waals surface area contributed by atoms with Gasteiger partial charge in [0, 0.05) is 12.2 Å². The van der Waals surface area contributed by atoms with Crippen LogP contribution in [-0.2, 0) is 10.6 Å². The molecular weight excluding hydrogens is 245 g/mol. The molecule has 1 rings (SSSR count). The quantitative estimate of drug-likeness (QED) is 0.559. The van der Waals surface area contributed by atoms with Gasteiger partial charge in [0.2, 0.25) is 5.88 Å². The van der Waals surface area contributed by atoms with Gasteiger partial charge in [0.25, 0.3) is 0 Å². The Balaban J connectivity index is 2.36. The van der Waals surface area contributed by atoms with E-state index in [0.29, 0.717) is 37.2 Å². The number of ether oxygens (including phenoxy) is 2. The highest BCUT2D eigenvalue weighted by atomic mass is 35.5. The van der Waals surface area contributed by atoms with Crippen molar-refractivity contribution in [2.75, 3.05) is 19.8 Å². The third-order valence-electron chi connectivity index (χ3n) is 1.95. The van der Waals surface area contributed by atoms with Crippen LogP contribution in [-0.4, -0.2) is 24.8 Å². The highest BCUT2D eigenvalue weighted by Gasteiger charge is 2.06. The van der Waals surface area contributed by atoms with E-state index in [1.165, 1.54) is 6.07 Å². The van der Waals surface area contributed by atoms with Crippen molar-refractivity contribution in [1.82, 2.24) is 4.98 Å². The molecule has 0 saturated heterocycles. The topological polar surface area (TPSA) is 31.4 Å². The average Bonchev–Trinajstić information content (AvgIpc) is 2.29. The van der Waals surface area contributed by atoms with Crippen molar-refractivity contribution in [2.24, 2.45) is 5.92 Å². The highest BCUT2D eigenvalue weighted by molar-refractivity contribution is 6.17. The van der Waals surface area contributed by atoms with Crippen LogP contribution >= 0.6 is 11.6 Å². The summed E-state index contributed by atoms with van der Waals surface area (Å²) in [7, 11) is 0. The molecule has 0 fully saturated rings. The van der Waals surface area contributed by atoms with Gasteiger partial charge in [-0.15, -0.1) is 11.6 Å². The van der Waals surface area contributed by atoms with Crippen molar-refractivity contribution in [3.63, 3.8) is 0 Å². The molecule has 0 amide bonds. The number of aromatic nitrogens is 1. The second-order valence-electron chi connectivity index (χ2n) is 4.07. The van der Waals surface area contributed by atoms with Crippen LogP contribution in [0.2, 0.25) is 0 Å². The van der Waals surface area contributed by atoms with E-state index >= 15 is 0 Å². The van der Waals surface area contributed by atoms with E-state index < -0.39 is 5.82 Å². The van der Waals surface area contributed by atoms with Crippen LogP contribution in [0.25, 0.3) is 0 Å². The molecule has 0 saturated carbocycles. The molecule has 0 radical (unpaired) electrons. The van der Waals surface area contributed by atoms with Crippen LogP contribution in [0.3, 0.4) is 0 Å².